The molecule has 3 atom stereocenters. The molecule has 12 heavy (non-hydrogen) atoms. The van der Waals surface area contributed by atoms with Crippen molar-refractivity contribution in [3.63, 3.8) is 0 Å². The molecule has 2 N–H and O–H groups in total. The molecule has 0 rings (SSSR count). The second-order valence-corrected chi connectivity index (χ2v) is 6.10. The van der Waals surface area contributed by atoms with Gasteiger partial charge in [-0.05, 0) is 27.2 Å². The summed E-state index contributed by atoms with van der Waals surface area (Å²) < 4.78 is 23.2. The molecule has 0 aromatic heterocycles. The molecule has 0 aliphatic heterocycles. The first-order valence-electron chi connectivity index (χ1n) is 4.32. The number of rotatable bonds is 4. The zero-order valence-corrected chi connectivity index (χ0v) is 9.06. The molecular weight excluding hydrogens is 174 g/mol. The van der Waals surface area contributed by atoms with E-state index in [0.29, 0.717) is 6.42 Å². The average Bonchev–Trinajstić information content (AvgIpc) is 2.01. The van der Waals surface area contributed by atoms with Crippen LogP contribution in [-0.2, 0) is 9.84 Å². The van der Waals surface area contributed by atoms with E-state index >= 15 is 0 Å². The molecule has 0 aliphatic rings. The van der Waals surface area contributed by atoms with E-state index in [9.17, 15) is 8.42 Å². The number of hydrogen-bond acceptors (Lipinski definition) is 3. The smallest absolute Gasteiger partial charge is 0.156 e. The quantitative estimate of drug-likeness (QED) is 0.722. The fourth-order valence-electron chi connectivity index (χ4n) is 0.898. The molecule has 4 heteroatoms. The molecule has 0 aliphatic carbocycles. The maximum Gasteiger partial charge on any atom is 0.156 e. The number of nitrogens with two attached hydrogens (primary N) is 1. The van der Waals surface area contributed by atoms with Crippen molar-refractivity contribution in [2.75, 3.05) is 0 Å². The summed E-state index contributed by atoms with van der Waals surface area (Å²) in [6, 6.07) is -0.288. The van der Waals surface area contributed by atoms with Crippen LogP contribution in [0.5, 0.6) is 0 Å². The van der Waals surface area contributed by atoms with Crippen LogP contribution in [0.1, 0.15) is 34.1 Å². The molecule has 0 aromatic carbocycles. The van der Waals surface area contributed by atoms with Gasteiger partial charge in [-0.2, -0.15) is 0 Å². The van der Waals surface area contributed by atoms with Crippen molar-refractivity contribution in [2.45, 2.75) is 50.7 Å². The van der Waals surface area contributed by atoms with Crippen LogP contribution in [0.4, 0.5) is 0 Å². The maximum absolute atomic E-state index is 11.6. The van der Waals surface area contributed by atoms with E-state index in [0.717, 1.165) is 0 Å². The van der Waals surface area contributed by atoms with Gasteiger partial charge in [-0.3, -0.25) is 0 Å². The SMILES string of the molecule is CCC(C)S(=O)(=O)C(C)C(C)N. The lowest BCUT2D eigenvalue weighted by Gasteiger charge is -2.20. The Kier molecular flexibility index (Phi) is 4.20. The van der Waals surface area contributed by atoms with Gasteiger partial charge in [0.15, 0.2) is 9.84 Å². The second kappa shape index (κ2) is 4.23. The van der Waals surface area contributed by atoms with Crippen molar-refractivity contribution in [2.24, 2.45) is 5.73 Å². The summed E-state index contributed by atoms with van der Waals surface area (Å²) in [6.45, 7) is 7.00. The Bertz CT molecular complexity index is 221. The summed E-state index contributed by atoms with van der Waals surface area (Å²) in [5, 5.41) is -0.717. The minimum Gasteiger partial charge on any atom is -0.327 e. The topological polar surface area (TPSA) is 60.2 Å². The van der Waals surface area contributed by atoms with Crippen molar-refractivity contribution in [1.82, 2.24) is 0 Å². The summed E-state index contributed by atoms with van der Waals surface area (Å²) in [4.78, 5) is 0. The summed E-state index contributed by atoms with van der Waals surface area (Å²) in [5.74, 6) is 0. The van der Waals surface area contributed by atoms with Gasteiger partial charge in [0.2, 0.25) is 0 Å². The maximum atomic E-state index is 11.6. The van der Waals surface area contributed by atoms with Gasteiger partial charge in [-0.25, -0.2) is 8.42 Å². The molecule has 0 heterocycles. The Morgan fingerprint density at radius 3 is 1.92 bits per heavy atom. The van der Waals surface area contributed by atoms with E-state index in [2.05, 4.69) is 0 Å². The van der Waals surface area contributed by atoms with Gasteiger partial charge in [0.05, 0.1) is 10.5 Å². The summed E-state index contributed by atoms with van der Waals surface area (Å²) in [7, 11) is -3.01. The predicted octanol–water partition coefficient (Wildman–Crippen LogP) is 0.935. The van der Waals surface area contributed by atoms with Crippen molar-refractivity contribution in [3.05, 3.63) is 0 Å². The Morgan fingerprint density at radius 2 is 1.67 bits per heavy atom. The van der Waals surface area contributed by atoms with Gasteiger partial charge >= 0.3 is 0 Å². The molecular formula is C8H19NO2S. The Balaban J connectivity index is 4.62. The van der Waals surface area contributed by atoms with Crippen molar-refractivity contribution < 1.29 is 8.42 Å². The van der Waals surface area contributed by atoms with Crippen LogP contribution in [0, 0.1) is 0 Å². The first-order chi connectivity index (χ1) is 5.34. The third kappa shape index (κ3) is 2.45. The lowest BCUT2D eigenvalue weighted by molar-refractivity contribution is 0.553. The summed E-state index contributed by atoms with van der Waals surface area (Å²) in [5.41, 5.74) is 5.54. The standard InChI is InChI=1S/C8H19NO2S/c1-5-6(2)12(10,11)8(4)7(3)9/h6-8H,5,9H2,1-4H3. The average molecular weight is 193 g/mol. The molecule has 0 saturated heterocycles. The van der Waals surface area contributed by atoms with E-state index in [1.165, 1.54) is 0 Å². The molecule has 0 aromatic rings. The first kappa shape index (κ1) is 11.9. The van der Waals surface area contributed by atoms with Crippen LogP contribution < -0.4 is 5.73 Å². The van der Waals surface area contributed by atoms with Gasteiger partial charge in [0.1, 0.15) is 0 Å². The Morgan fingerprint density at radius 1 is 1.25 bits per heavy atom. The molecule has 3 unspecified atom stereocenters. The third-order valence-electron chi connectivity index (χ3n) is 2.39. The normalized spacial score (nSPS) is 20.1. The van der Waals surface area contributed by atoms with Crippen molar-refractivity contribution >= 4 is 9.84 Å². The predicted molar refractivity (Wildman–Crippen MR) is 51.8 cm³/mol. The lowest BCUT2D eigenvalue weighted by atomic mass is 10.3. The Hall–Kier alpha value is -0.0900. The van der Waals surface area contributed by atoms with E-state index in [4.69, 9.17) is 5.73 Å². The highest BCUT2D eigenvalue weighted by atomic mass is 32.2. The molecule has 0 amide bonds. The molecule has 0 radical (unpaired) electrons. The van der Waals surface area contributed by atoms with Gasteiger partial charge in [-0.1, -0.05) is 6.92 Å². The molecule has 0 spiro atoms. The zero-order chi connectivity index (χ0) is 9.94. The van der Waals surface area contributed by atoms with Gasteiger partial charge in [0, 0.05) is 6.04 Å². The molecule has 74 valence electrons. The minimum atomic E-state index is -3.01. The molecule has 0 fully saturated rings. The number of hydrogen-bond donors (Lipinski definition) is 1. The van der Waals surface area contributed by atoms with Gasteiger partial charge in [-0.15, -0.1) is 0 Å². The minimum absolute atomic E-state index is 0.279. The van der Waals surface area contributed by atoms with Crippen LogP contribution in [0.2, 0.25) is 0 Å². The number of sulfone groups is 1. The largest absolute Gasteiger partial charge is 0.327 e. The van der Waals surface area contributed by atoms with E-state index in [-0.39, 0.29) is 11.3 Å². The van der Waals surface area contributed by atoms with Crippen molar-refractivity contribution in [3.8, 4) is 0 Å². The van der Waals surface area contributed by atoms with E-state index in [1.54, 1.807) is 20.8 Å². The zero-order valence-electron chi connectivity index (χ0n) is 8.24. The first-order valence-corrected chi connectivity index (χ1v) is 5.93. The summed E-state index contributed by atoms with van der Waals surface area (Å²) >= 11 is 0. The lowest BCUT2D eigenvalue weighted by Crippen LogP contribution is -2.39. The van der Waals surface area contributed by atoms with Gasteiger partial charge < -0.3 is 5.73 Å². The van der Waals surface area contributed by atoms with E-state index in [1.807, 2.05) is 6.92 Å². The highest BCUT2D eigenvalue weighted by Gasteiger charge is 2.28. The van der Waals surface area contributed by atoms with Crippen LogP contribution in [0.3, 0.4) is 0 Å². The Labute approximate surface area is 75.3 Å². The van der Waals surface area contributed by atoms with Crippen LogP contribution >= 0.6 is 0 Å². The van der Waals surface area contributed by atoms with Crippen molar-refractivity contribution in [1.29, 1.82) is 0 Å². The van der Waals surface area contributed by atoms with Gasteiger partial charge in [0.25, 0.3) is 0 Å². The highest BCUT2D eigenvalue weighted by molar-refractivity contribution is 7.92. The highest BCUT2D eigenvalue weighted by Crippen LogP contribution is 2.13. The van der Waals surface area contributed by atoms with E-state index < -0.39 is 15.1 Å². The monoisotopic (exact) mass is 193 g/mol. The van der Waals surface area contributed by atoms with Crippen LogP contribution in [-0.4, -0.2) is 25.0 Å². The van der Waals surface area contributed by atoms with Crippen LogP contribution in [0.15, 0.2) is 0 Å². The molecule has 0 bridgehead atoms. The third-order valence-corrected chi connectivity index (χ3v) is 5.32. The fourth-order valence-corrected chi connectivity index (χ4v) is 2.69. The second-order valence-electron chi connectivity index (χ2n) is 3.37. The molecule has 0 saturated carbocycles. The molecule has 3 nitrogen and oxygen atoms in total. The fraction of sp³-hybridized carbons (Fsp3) is 1.00. The summed E-state index contributed by atoms with van der Waals surface area (Å²) in [6.07, 6.45) is 0.652. The van der Waals surface area contributed by atoms with Crippen LogP contribution in [0.25, 0.3) is 0 Å².